The molecule has 0 radical (unpaired) electrons. The molecule has 3 heteroatoms. The highest BCUT2D eigenvalue weighted by atomic mass is 16.3. The molecule has 0 amide bonds. The van der Waals surface area contributed by atoms with Crippen LogP contribution in [0.15, 0.2) is 173 Å². The predicted molar refractivity (Wildman–Crippen MR) is 224 cm³/mol. The smallest absolute Gasteiger partial charge is 0.143 e. The maximum atomic E-state index is 6.55. The van der Waals surface area contributed by atoms with Gasteiger partial charge in [-0.15, -0.1) is 0 Å². The number of benzene rings is 8. The van der Waals surface area contributed by atoms with Gasteiger partial charge in [0.2, 0.25) is 0 Å². The molecule has 1 aliphatic rings. The van der Waals surface area contributed by atoms with Gasteiger partial charge in [0.05, 0.1) is 11.0 Å². The van der Waals surface area contributed by atoms with E-state index in [1.807, 2.05) is 18.2 Å². The maximum absolute atomic E-state index is 6.55. The van der Waals surface area contributed by atoms with Gasteiger partial charge >= 0.3 is 0 Å². The number of furan rings is 2. The van der Waals surface area contributed by atoms with Crippen molar-refractivity contribution in [3.8, 4) is 39.1 Å². The lowest BCUT2D eigenvalue weighted by molar-refractivity contribution is 0.653. The first-order chi connectivity index (χ1) is 26.5. The van der Waals surface area contributed by atoms with Crippen LogP contribution in [0.3, 0.4) is 0 Å². The summed E-state index contributed by atoms with van der Waals surface area (Å²) in [6.07, 6.45) is 0. The summed E-state index contributed by atoms with van der Waals surface area (Å²) in [6, 6.07) is 59.3. The zero-order valence-corrected chi connectivity index (χ0v) is 29.9. The molecule has 54 heavy (non-hydrogen) atoms. The third-order valence-electron chi connectivity index (χ3n) is 12.0. The van der Waals surface area contributed by atoms with Crippen LogP contribution in [-0.2, 0) is 5.41 Å². The van der Waals surface area contributed by atoms with Gasteiger partial charge in [-0.1, -0.05) is 117 Å². The van der Waals surface area contributed by atoms with E-state index in [0.717, 1.165) is 38.8 Å². The predicted octanol–water partition coefficient (Wildman–Crippen LogP) is 14.2. The molecule has 3 nitrogen and oxygen atoms in total. The van der Waals surface area contributed by atoms with Crippen molar-refractivity contribution in [1.29, 1.82) is 0 Å². The molecule has 0 spiro atoms. The molecular weight excluding hydrogens is 659 g/mol. The van der Waals surface area contributed by atoms with Gasteiger partial charge < -0.3 is 13.4 Å². The maximum Gasteiger partial charge on any atom is 0.143 e. The fraction of sp³-hybridized carbons (Fsp3) is 0.0588. The average Bonchev–Trinajstić information content (AvgIpc) is 3.94. The third kappa shape index (κ3) is 4.01. The van der Waals surface area contributed by atoms with Crippen LogP contribution in [0.5, 0.6) is 0 Å². The molecule has 0 N–H and O–H groups in total. The minimum Gasteiger partial charge on any atom is -0.456 e. The summed E-state index contributed by atoms with van der Waals surface area (Å²) in [5, 5.41) is 7.09. The van der Waals surface area contributed by atoms with E-state index in [4.69, 9.17) is 8.83 Å². The van der Waals surface area contributed by atoms with Gasteiger partial charge in [0, 0.05) is 49.0 Å². The number of para-hydroxylation sites is 3. The van der Waals surface area contributed by atoms with Crippen LogP contribution in [0.1, 0.15) is 25.0 Å². The fourth-order valence-electron chi connectivity index (χ4n) is 9.32. The van der Waals surface area contributed by atoms with Crippen molar-refractivity contribution in [3.63, 3.8) is 0 Å². The van der Waals surface area contributed by atoms with Gasteiger partial charge in [-0.25, -0.2) is 0 Å². The van der Waals surface area contributed by atoms with Gasteiger partial charge in [-0.05, 0) is 99.6 Å². The highest BCUT2D eigenvalue weighted by Crippen LogP contribution is 2.53. The largest absolute Gasteiger partial charge is 0.456 e. The van der Waals surface area contributed by atoms with Crippen LogP contribution in [-0.4, -0.2) is 4.57 Å². The Labute approximate surface area is 311 Å². The van der Waals surface area contributed by atoms with Gasteiger partial charge in [-0.2, -0.15) is 0 Å². The second-order valence-electron chi connectivity index (χ2n) is 15.3. The number of hydrogen-bond acceptors (Lipinski definition) is 2. The Morgan fingerprint density at radius 1 is 0.407 bits per heavy atom. The van der Waals surface area contributed by atoms with E-state index in [2.05, 4.69) is 164 Å². The zero-order valence-electron chi connectivity index (χ0n) is 29.9. The van der Waals surface area contributed by atoms with E-state index < -0.39 is 0 Å². The summed E-state index contributed by atoms with van der Waals surface area (Å²) in [7, 11) is 0. The highest BCUT2D eigenvalue weighted by molar-refractivity contribution is 6.13. The van der Waals surface area contributed by atoms with Crippen molar-refractivity contribution >= 4 is 65.7 Å². The molecular formula is C51H33NO2. The molecule has 0 aliphatic heterocycles. The Balaban J connectivity index is 1.03. The monoisotopic (exact) mass is 691 g/mol. The van der Waals surface area contributed by atoms with Crippen molar-refractivity contribution in [3.05, 3.63) is 175 Å². The highest BCUT2D eigenvalue weighted by Gasteiger charge is 2.38. The van der Waals surface area contributed by atoms with E-state index in [0.29, 0.717) is 0 Å². The van der Waals surface area contributed by atoms with Crippen molar-refractivity contribution < 1.29 is 8.83 Å². The number of aromatic nitrogens is 1. The summed E-state index contributed by atoms with van der Waals surface area (Å²) < 4.78 is 15.1. The van der Waals surface area contributed by atoms with Crippen molar-refractivity contribution in [2.75, 3.05) is 0 Å². The summed E-state index contributed by atoms with van der Waals surface area (Å²) in [6.45, 7) is 4.69. The second-order valence-corrected chi connectivity index (χ2v) is 15.3. The van der Waals surface area contributed by atoms with Crippen LogP contribution in [0.4, 0.5) is 0 Å². The first-order valence-corrected chi connectivity index (χ1v) is 18.7. The summed E-state index contributed by atoms with van der Waals surface area (Å²) >= 11 is 0. The molecule has 3 heterocycles. The Hall–Kier alpha value is -6.84. The topological polar surface area (TPSA) is 31.2 Å². The van der Waals surface area contributed by atoms with Gasteiger partial charge in [0.25, 0.3) is 0 Å². The van der Waals surface area contributed by atoms with Crippen molar-refractivity contribution in [2.45, 2.75) is 19.3 Å². The van der Waals surface area contributed by atoms with Crippen LogP contribution in [0, 0.1) is 0 Å². The normalized spacial score (nSPS) is 13.5. The number of rotatable bonds is 3. The van der Waals surface area contributed by atoms with Crippen LogP contribution < -0.4 is 0 Å². The van der Waals surface area contributed by atoms with E-state index in [1.165, 1.54) is 77.1 Å². The lowest BCUT2D eigenvalue weighted by atomic mass is 9.81. The minimum atomic E-state index is -0.168. The average molecular weight is 692 g/mol. The SMILES string of the molecule is CC1(C)c2cc(-c3ccc4c5cc(-c6ccc7oc8ccccc8c7c6)ccc5n(-c5ccccc5)c4c3)ccc2-c2c1ccc1c2oc2ccccc21. The minimum absolute atomic E-state index is 0.168. The standard InChI is InChI=1S/C51H33NO2/c1-51(2)42-23-22-38-36-12-6-9-15-47(36)54-50(38)49(42)39-21-17-32(28-43(39)51)33-16-20-35-40-26-30(18-24-44(40)52(45(35)29-33)34-10-4-3-5-11-34)31-19-25-48-41(27-31)37-13-7-8-14-46(37)53-48/h3-29H,1-2H3. The molecule has 12 rings (SSSR count). The van der Waals surface area contributed by atoms with Gasteiger partial charge in [0.15, 0.2) is 0 Å². The molecule has 254 valence electrons. The Kier molecular flexibility index (Phi) is 5.84. The van der Waals surface area contributed by atoms with Crippen LogP contribution >= 0.6 is 0 Å². The van der Waals surface area contributed by atoms with E-state index in [9.17, 15) is 0 Å². The summed E-state index contributed by atoms with van der Waals surface area (Å²) in [4.78, 5) is 0. The van der Waals surface area contributed by atoms with Crippen molar-refractivity contribution in [2.24, 2.45) is 0 Å². The lowest BCUT2D eigenvalue weighted by Gasteiger charge is -2.22. The first-order valence-electron chi connectivity index (χ1n) is 18.7. The molecule has 0 fully saturated rings. The van der Waals surface area contributed by atoms with Crippen LogP contribution in [0.2, 0.25) is 0 Å². The van der Waals surface area contributed by atoms with E-state index in [-0.39, 0.29) is 5.41 Å². The molecule has 8 aromatic carbocycles. The number of fused-ring (bicyclic) bond motifs is 13. The Morgan fingerprint density at radius 2 is 1.02 bits per heavy atom. The second kappa shape index (κ2) is 10.6. The van der Waals surface area contributed by atoms with E-state index >= 15 is 0 Å². The third-order valence-corrected chi connectivity index (χ3v) is 12.0. The summed E-state index contributed by atoms with van der Waals surface area (Å²) in [5.74, 6) is 0. The Bertz CT molecular complexity index is 3350. The fourth-order valence-corrected chi connectivity index (χ4v) is 9.32. The quantitative estimate of drug-likeness (QED) is 0.185. The lowest BCUT2D eigenvalue weighted by Crippen LogP contribution is -2.14. The van der Waals surface area contributed by atoms with Gasteiger partial charge in [0.1, 0.15) is 22.3 Å². The van der Waals surface area contributed by atoms with Crippen LogP contribution in [0.25, 0.3) is 105 Å². The van der Waals surface area contributed by atoms with E-state index in [1.54, 1.807) is 0 Å². The molecule has 0 bridgehead atoms. The molecule has 1 aliphatic carbocycles. The zero-order chi connectivity index (χ0) is 35.7. The number of nitrogens with zero attached hydrogens (tertiary/aromatic N) is 1. The molecule has 0 atom stereocenters. The first kappa shape index (κ1) is 29.7. The molecule has 0 saturated carbocycles. The number of hydrogen-bond donors (Lipinski definition) is 0. The molecule has 0 saturated heterocycles. The van der Waals surface area contributed by atoms with Gasteiger partial charge in [-0.3, -0.25) is 0 Å². The molecule has 11 aromatic rings. The molecule has 3 aromatic heterocycles. The summed E-state index contributed by atoms with van der Waals surface area (Å²) in [5.41, 5.74) is 17.0. The Morgan fingerprint density at radius 3 is 1.85 bits per heavy atom. The van der Waals surface area contributed by atoms with Crippen molar-refractivity contribution in [1.82, 2.24) is 4.57 Å². The molecule has 0 unspecified atom stereocenters.